The largest absolute Gasteiger partial charge is 0.316 e. The molecule has 0 aliphatic heterocycles. The number of hydrogen-bond donors (Lipinski definition) is 1. The second-order valence-electron chi connectivity index (χ2n) is 5.53. The molecule has 138 valence electrons. The molecule has 3 rings (SSSR count). The van der Waals surface area contributed by atoms with Gasteiger partial charge in [-0.05, 0) is 66.7 Å². The van der Waals surface area contributed by atoms with Gasteiger partial charge in [0, 0.05) is 17.8 Å². The van der Waals surface area contributed by atoms with E-state index < -0.39 is 10.0 Å². The van der Waals surface area contributed by atoms with Crippen molar-refractivity contribution in [2.75, 3.05) is 7.05 Å². The van der Waals surface area contributed by atoms with Crippen molar-refractivity contribution in [3.63, 3.8) is 0 Å². The Hall–Kier alpha value is -1.86. The number of aromatic nitrogens is 1. The molecule has 0 radical (unpaired) electrons. The van der Waals surface area contributed by atoms with Crippen LogP contribution in [0.4, 0.5) is 4.39 Å². The predicted molar refractivity (Wildman–Crippen MR) is 104 cm³/mol. The maximum absolute atomic E-state index is 13.2. The highest BCUT2D eigenvalue weighted by molar-refractivity contribution is 7.90. The van der Waals surface area contributed by atoms with Gasteiger partial charge >= 0.3 is 0 Å². The van der Waals surface area contributed by atoms with Crippen LogP contribution in [0.1, 0.15) is 5.56 Å². The molecule has 3 aromatic rings. The highest BCUT2D eigenvalue weighted by Crippen LogP contribution is 2.28. The predicted octanol–water partition coefficient (Wildman–Crippen LogP) is 4.33. The SMILES string of the molecule is CNCc1cc(-c2ccc(F)cc2)n(S(=O)(=O)c2cccc(Cl)c2)c1.Cl. The second-order valence-corrected chi connectivity index (χ2v) is 7.78. The summed E-state index contributed by atoms with van der Waals surface area (Å²) < 4.78 is 40.6. The molecular weight excluding hydrogens is 398 g/mol. The molecule has 0 atom stereocenters. The van der Waals surface area contributed by atoms with Crippen molar-refractivity contribution in [2.45, 2.75) is 11.4 Å². The summed E-state index contributed by atoms with van der Waals surface area (Å²) in [6.07, 6.45) is 1.56. The van der Waals surface area contributed by atoms with Crippen molar-refractivity contribution in [1.82, 2.24) is 9.29 Å². The summed E-state index contributed by atoms with van der Waals surface area (Å²) >= 11 is 5.94. The Morgan fingerprint density at radius 3 is 2.42 bits per heavy atom. The Kier molecular flexibility index (Phi) is 6.47. The van der Waals surface area contributed by atoms with Crippen LogP contribution in [0.3, 0.4) is 0 Å². The van der Waals surface area contributed by atoms with Crippen LogP contribution in [-0.2, 0) is 16.6 Å². The van der Waals surface area contributed by atoms with E-state index in [-0.39, 0.29) is 23.1 Å². The normalized spacial score (nSPS) is 11.2. The molecule has 0 spiro atoms. The lowest BCUT2D eigenvalue weighted by Gasteiger charge is -2.11. The average molecular weight is 415 g/mol. The van der Waals surface area contributed by atoms with Crippen molar-refractivity contribution < 1.29 is 12.8 Å². The fraction of sp³-hybridized carbons (Fsp3) is 0.111. The van der Waals surface area contributed by atoms with Crippen LogP contribution < -0.4 is 5.32 Å². The first-order valence-corrected chi connectivity index (χ1v) is 9.36. The minimum absolute atomic E-state index is 0. The van der Waals surface area contributed by atoms with Crippen LogP contribution in [-0.4, -0.2) is 19.4 Å². The number of rotatable bonds is 5. The van der Waals surface area contributed by atoms with E-state index in [9.17, 15) is 12.8 Å². The van der Waals surface area contributed by atoms with Gasteiger partial charge in [-0.15, -0.1) is 12.4 Å². The average Bonchev–Trinajstić information content (AvgIpc) is 3.01. The van der Waals surface area contributed by atoms with Crippen LogP contribution in [0.5, 0.6) is 0 Å². The van der Waals surface area contributed by atoms with Crippen LogP contribution in [0.2, 0.25) is 5.02 Å². The van der Waals surface area contributed by atoms with Gasteiger partial charge in [-0.1, -0.05) is 17.7 Å². The van der Waals surface area contributed by atoms with E-state index in [2.05, 4.69) is 5.32 Å². The first-order valence-electron chi connectivity index (χ1n) is 7.55. The zero-order valence-corrected chi connectivity index (χ0v) is 16.2. The maximum atomic E-state index is 13.2. The summed E-state index contributed by atoms with van der Waals surface area (Å²) in [7, 11) is -2.06. The molecule has 0 amide bonds. The quantitative estimate of drug-likeness (QED) is 0.675. The molecule has 1 heterocycles. The standard InChI is InChI=1S/C18H16ClFN2O2S.ClH/c1-21-11-13-9-18(14-5-7-16(20)8-6-14)22(12-13)25(23,24)17-4-2-3-15(19)10-17;/h2-10,12,21H,11H2,1H3;1H. The van der Waals surface area contributed by atoms with Gasteiger partial charge < -0.3 is 5.32 Å². The molecule has 0 aliphatic carbocycles. The lowest BCUT2D eigenvalue weighted by atomic mass is 10.1. The zero-order chi connectivity index (χ0) is 18.0. The summed E-state index contributed by atoms with van der Waals surface area (Å²) in [6.45, 7) is 0.506. The van der Waals surface area contributed by atoms with Crippen molar-refractivity contribution in [3.8, 4) is 11.3 Å². The van der Waals surface area contributed by atoms with E-state index >= 15 is 0 Å². The van der Waals surface area contributed by atoms with E-state index in [1.165, 1.54) is 28.2 Å². The minimum Gasteiger partial charge on any atom is -0.316 e. The Labute approximate surface area is 163 Å². The van der Waals surface area contributed by atoms with E-state index in [4.69, 9.17) is 11.6 Å². The van der Waals surface area contributed by atoms with Gasteiger partial charge in [0.15, 0.2) is 0 Å². The van der Waals surface area contributed by atoms with Gasteiger partial charge in [-0.3, -0.25) is 0 Å². The van der Waals surface area contributed by atoms with Gasteiger partial charge in [-0.2, -0.15) is 0 Å². The minimum atomic E-state index is -3.84. The molecule has 0 aliphatic rings. The molecule has 0 fully saturated rings. The van der Waals surface area contributed by atoms with Crippen LogP contribution in [0, 0.1) is 5.82 Å². The van der Waals surface area contributed by atoms with Gasteiger partial charge in [0.2, 0.25) is 0 Å². The third kappa shape index (κ3) is 4.10. The van der Waals surface area contributed by atoms with Crippen molar-refractivity contribution in [2.24, 2.45) is 0 Å². The third-order valence-electron chi connectivity index (χ3n) is 3.72. The monoisotopic (exact) mass is 414 g/mol. The summed E-state index contributed by atoms with van der Waals surface area (Å²) in [4.78, 5) is 0.0926. The second kappa shape index (κ2) is 8.22. The molecule has 4 nitrogen and oxygen atoms in total. The molecular formula is C18H17Cl2FN2O2S. The lowest BCUT2D eigenvalue weighted by Crippen LogP contribution is -2.13. The molecule has 0 unspecified atom stereocenters. The number of nitrogens with one attached hydrogen (secondary N) is 1. The summed E-state index contributed by atoms with van der Waals surface area (Å²) in [6, 6.07) is 13.6. The summed E-state index contributed by atoms with van der Waals surface area (Å²) in [5.41, 5.74) is 1.87. The van der Waals surface area contributed by atoms with Crippen molar-refractivity contribution >= 4 is 34.0 Å². The van der Waals surface area contributed by atoms with E-state index in [1.807, 2.05) is 0 Å². The number of benzene rings is 2. The molecule has 1 aromatic heterocycles. The van der Waals surface area contributed by atoms with Gasteiger partial charge in [0.25, 0.3) is 10.0 Å². The maximum Gasteiger partial charge on any atom is 0.268 e. The Morgan fingerprint density at radius 2 is 1.81 bits per heavy atom. The van der Waals surface area contributed by atoms with Gasteiger partial charge in [0.05, 0.1) is 10.6 Å². The highest BCUT2D eigenvalue weighted by atomic mass is 35.5. The van der Waals surface area contributed by atoms with Gasteiger partial charge in [0.1, 0.15) is 5.82 Å². The molecule has 2 aromatic carbocycles. The number of hydrogen-bond acceptors (Lipinski definition) is 3. The molecule has 26 heavy (non-hydrogen) atoms. The van der Waals surface area contributed by atoms with Crippen LogP contribution >= 0.6 is 24.0 Å². The highest BCUT2D eigenvalue weighted by Gasteiger charge is 2.22. The summed E-state index contributed by atoms with van der Waals surface area (Å²) in [5.74, 6) is -0.380. The first kappa shape index (κ1) is 20.5. The van der Waals surface area contributed by atoms with Crippen molar-refractivity contribution in [3.05, 3.63) is 77.2 Å². The van der Waals surface area contributed by atoms with Crippen LogP contribution in [0.15, 0.2) is 65.7 Å². The molecule has 1 N–H and O–H groups in total. The van der Waals surface area contributed by atoms with Gasteiger partial charge in [-0.25, -0.2) is 16.8 Å². The Balaban J connectivity index is 0.00000243. The van der Waals surface area contributed by atoms with Crippen LogP contribution in [0.25, 0.3) is 11.3 Å². The summed E-state index contributed by atoms with van der Waals surface area (Å²) in [5, 5.41) is 3.34. The molecule has 0 saturated heterocycles. The fourth-order valence-electron chi connectivity index (χ4n) is 2.57. The van der Waals surface area contributed by atoms with E-state index in [0.29, 0.717) is 22.8 Å². The molecule has 0 saturated carbocycles. The topological polar surface area (TPSA) is 51.1 Å². The Morgan fingerprint density at radius 1 is 1.12 bits per heavy atom. The van der Waals surface area contributed by atoms with Crippen molar-refractivity contribution in [1.29, 1.82) is 0 Å². The number of halogens is 3. The number of nitrogens with zero attached hydrogens (tertiary/aromatic N) is 1. The first-order chi connectivity index (χ1) is 11.9. The third-order valence-corrected chi connectivity index (χ3v) is 5.62. The zero-order valence-electron chi connectivity index (χ0n) is 13.8. The Bertz CT molecular complexity index is 1000. The smallest absolute Gasteiger partial charge is 0.268 e. The fourth-order valence-corrected chi connectivity index (χ4v) is 4.27. The van der Waals surface area contributed by atoms with E-state index in [1.54, 1.807) is 43.6 Å². The van der Waals surface area contributed by atoms with E-state index in [0.717, 1.165) is 5.56 Å². The molecule has 0 bridgehead atoms. The molecule has 8 heteroatoms. The lowest BCUT2D eigenvalue weighted by molar-refractivity contribution is 0.588.